The summed E-state index contributed by atoms with van der Waals surface area (Å²) in [5, 5.41) is 13.6. The van der Waals surface area contributed by atoms with Crippen LogP contribution in [0.4, 0.5) is 17.1 Å². The van der Waals surface area contributed by atoms with Gasteiger partial charge in [0.25, 0.3) is 15.7 Å². The van der Waals surface area contributed by atoms with E-state index >= 15 is 0 Å². The zero-order valence-electron chi connectivity index (χ0n) is 21.3. The summed E-state index contributed by atoms with van der Waals surface area (Å²) in [6.45, 7) is 0.0958. The molecule has 0 aliphatic carbocycles. The van der Waals surface area contributed by atoms with Crippen molar-refractivity contribution in [2.45, 2.75) is 9.79 Å². The first-order valence-corrected chi connectivity index (χ1v) is 14.8. The van der Waals surface area contributed by atoms with Gasteiger partial charge in [0.1, 0.15) is 17.2 Å². The first-order valence-electron chi connectivity index (χ1n) is 11.9. The van der Waals surface area contributed by atoms with E-state index in [0.717, 1.165) is 16.4 Å². The molecule has 1 saturated heterocycles. The molecule has 0 bridgehead atoms. The SMILES string of the molecule is COc1ccc(NC(=O)CN(c2ccc([N+](=O)[O-])cc2)S(=O)(=O)c2ccccc2)cc1S(=O)(=O)N1CCOCC1. The molecule has 15 heteroatoms. The fourth-order valence-corrected chi connectivity index (χ4v) is 7.02. The van der Waals surface area contributed by atoms with Crippen LogP contribution in [0.2, 0.25) is 0 Å². The Morgan fingerprint density at radius 1 is 1.02 bits per heavy atom. The molecule has 212 valence electrons. The van der Waals surface area contributed by atoms with Crippen molar-refractivity contribution in [3.63, 3.8) is 0 Å². The van der Waals surface area contributed by atoms with Gasteiger partial charge in [-0.15, -0.1) is 0 Å². The van der Waals surface area contributed by atoms with Crippen molar-refractivity contribution in [1.82, 2.24) is 4.31 Å². The predicted octanol–water partition coefficient (Wildman–Crippen LogP) is 2.46. The number of benzene rings is 3. The molecule has 0 saturated carbocycles. The maximum Gasteiger partial charge on any atom is 0.269 e. The lowest BCUT2D eigenvalue weighted by atomic mass is 10.2. The molecule has 0 aromatic heterocycles. The highest BCUT2D eigenvalue weighted by molar-refractivity contribution is 7.92. The van der Waals surface area contributed by atoms with Crippen molar-refractivity contribution in [2.24, 2.45) is 0 Å². The van der Waals surface area contributed by atoms with Crippen molar-refractivity contribution in [3.05, 3.63) is 82.9 Å². The van der Waals surface area contributed by atoms with Crippen molar-refractivity contribution in [1.29, 1.82) is 0 Å². The topological polar surface area (TPSA) is 165 Å². The number of nitrogens with zero attached hydrogens (tertiary/aromatic N) is 3. The number of hydrogen-bond acceptors (Lipinski definition) is 9. The smallest absolute Gasteiger partial charge is 0.269 e. The van der Waals surface area contributed by atoms with Crippen LogP contribution in [0.25, 0.3) is 0 Å². The molecule has 0 atom stereocenters. The van der Waals surface area contributed by atoms with Crippen LogP contribution in [0.1, 0.15) is 0 Å². The predicted molar refractivity (Wildman–Crippen MR) is 145 cm³/mol. The molecular weight excluding hydrogens is 564 g/mol. The number of non-ortho nitro benzene ring substituents is 1. The van der Waals surface area contributed by atoms with Crippen LogP contribution >= 0.6 is 0 Å². The first-order chi connectivity index (χ1) is 19.0. The molecule has 1 heterocycles. The van der Waals surface area contributed by atoms with Crippen LogP contribution in [-0.2, 0) is 29.6 Å². The number of anilines is 2. The van der Waals surface area contributed by atoms with Crippen molar-refractivity contribution in [2.75, 3.05) is 49.6 Å². The highest BCUT2D eigenvalue weighted by Crippen LogP contribution is 2.31. The van der Waals surface area contributed by atoms with E-state index in [2.05, 4.69) is 5.32 Å². The van der Waals surface area contributed by atoms with E-state index in [1.165, 1.54) is 66.0 Å². The van der Waals surface area contributed by atoms with Gasteiger partial charge in [-0.3, -0.25) is 19.2 Å². The molecule has 0 spiro atoms. The third-order valence-corrected chi connectivity index (χ3v) is 9.71. The minimum absolute atomic E-state index is 0.0231. The number of nitrogens with one attached hydrogen (secondary N) is 1. The molecule has 3 aromatic rings. The Bertz CT molecular complexity index is 1590. The normalized spacial score (nSPS) is 14.3. The monoisotopic (exact) mass is 590 g/mol. The van der Waals surface area contributed by atoms with E-state index in [4.69, 9.17) is 9.47 Å². The first kappa shape index (κ1) is 28.9. The Labute approximate surface area is 231 Å². The summed E-state index contributed by atoms with van der Waals surface area (Å²) >= 11 is 0. The van der Waals surface area contributed by atoms with Gasteiger partial charge in [-0.05, 0) is 42.5 Å². The molecule has 1 aliphatic rings. The number of methoxy groups -OCH3 is 1. The Morgan fingerprint density at radius 2 is 1.68 bits per heavy atom. The summed E-state index contributed by atoms with van der Waals surface area (Å²) in [7, 11) is -6.92. The fourth-order valence-electron chi connectivity index (χ4n) is 3.99. The quantitative estimate of drug-likeness (QED) is 0.276. The summed E-state index contributed by atoms with van der Waals surface area (Å²) < 4.78 is 66.1. The maximum absolute atomic E-state index is 13.5. The molecule has 1 aliphatic heterocycles. The summed E-state index contributed by atoms with van der Waals surface area (Å²) in [5.41, 5.74) is -0.134. The van der Waals surface area contributed by atoms with Crippen LogP contribution in [0.3, 0.4) is 0 Å². The molecule has 1 amide bonds. The van der Waals surface area contributed by atoms with Gasteiger partial charge in [0.05, 0.1) is 35.8 Å². The molecule has 1 fully saturated rings. The molecule has 13 nitrogen and oxygen atoms in total. The second kappa shape index (κ2) is 12.0. The molecular formula is C25H26N4O9S2. The second-order valence-electron chi connectivity index (χ2n) is 8.53. The zero-order valence-corrected chi connectivity index (χ0v) is 22.9. The van der Waals surface area contributed by atoms with E-state index in [1.807, 2.05) is 0 Å². The summed E-state index contributed by atoms with van der Waals surface area (Å²) in [4.78, 5) is 23.3. The Kier molecular flexibility index (Phi) is 8.68. The molecule has 40 heavy (non-hydrogen) atoms. The van der Waals surface area contributed by atoms with E-state index in [1.54, 1.807) is 6.07 Å². The molecule has 4 rings (SSSR count). The Balaban J connectivity index is 1.64. The number of carbonyl (C=O) groups excluding carboxylic acids is 1. The van der Waals surface area contributed by atoms with Gasteiger partial charge in [-0.25, -0.2) is 16.8 Å². The number of sulfonamides is 2. The fraction of sp³-hybridized carbons (Fsp3) is 0.240. The zero-order chi connectivity index (χ0) is 28.9. The van der Waals surface area contributed by atoms with Gasteiger partial charge in [-0.1, -0.05) is 18.2 Å². The number of ether oxygens (including phenoxy) is 2. The summed E-state index contributed by atoms with van der Waals surface area (Å²) in [6, 6.07) is 16.2. The van der Waals surface area contributed by atoms with E-state index in [-0.39, 0.29) is 58.9 Å². The standard InChI is InChI=1S/C25H26N4O9S2/c1-37-23-12-7-19(17-24(23)40(35,36)27-13-15-38-16-14-27)26-25(30)18-28(20-8-10-21(11-9-20)29(31)32)39(33,34)22-5-3-2-4-6-22/h2-12,17H,13-16,18H2,1H3,(H,26,30). The van der Waals surface area contributed by atoms with Crippen LogP contribution < -0.4 is 14.4 Å². The van der Waals surface area contributed by atoms with Crippen LogP contribution in [0, 0.1) is 10.1 Å². The number of nitro groups is 1. The molecule has 0 unspecified atom stereocenters. The number of morpholine rings is 1. The van der Waals surface area contributed by atoms with Crippen molar-refractivity contribution >= 4 is 43.0 Å². The summed E-state index contributed by atoms with van der Waals surface area (Å²) in [6.07, 6.45) is 0. The highest BCUT2D eigenvalue weighted by atomic mass is 32.2. The highest BCUT2D eigenvalue weighted by Gasteiger charge is 2.31. The van der Waals surface area contributed by atoms with E-state index in [0.29, 0.717) is 0 Å². The average Bonchev–Trinajstić information content (AvgIpc) is 2.96. The van der Waals surface area contributed by atoms with Gasteiger partial charge in [-0.2, -0.15) is 4.31 Å². The molecule has 0 radical (unpaired) electrons. The van der Waals surface area contributed by atoms with E-state index in [9.17, 15) is 31.7 Å². The second-order valence-corrected chi connectivity index (χ2v) is 12.3. The minimum atomic E-state index is -4.26. The lowest BCUT2D eigenvalue weighted by molar-refractivity contribution is -0.384. The number of hydrogen-bond donors (Lipinski definition) is 1. The van der Waals surface area contributed by atoms with Gasteiger partial charge in [0, 0.05) is 30.9 Å². The molecule has 3 aromatic carbocycles. The molecule has 1 N–H and O–H groups in total. The Morgan fingerprint density at radius 3 is 2.27 bits per heavy atom. The van der Waals surface area contributed by atoms with Crippen molar-refractivity contribution < 1.29 is 36.0 Å². The summed E-state index contributed by atoms with van der Waals surface area (Å²) in [5.74, 6) is -0.707. The van der Waals surface area contributed by atoms with E-state index < -0.39 is 37.4 Å². The van der Waals surface area contributed by atoms with Gasteiger partial charge < -0.3 is 14.8 Å². The number of rotatable bonds is 10. The lowest BCUT2D eigenvalue weighted by Gasteiger charge is -2.27. The van der Waals surface area contributed by atoms with Crippen molar-refractivity contribution in [3.8, 4) is 5.75 Å². The number of carbonyl (C=O) groups is 1. The third-order valence-electron chi connectivity index (χ3n) is 6.00. The van der Waals surface area contributed by atoms with Crippen LogP contribution in [0.15, 0.2) is 82.6 Å². The van der Waals surface area contributed by atoms with Gasteiger partial charge in [0.2, 0.25) is 15.9 Å². The van der Waals surface area contributed by atoms with Crippen LogP contribution in [0.5, 0.6) is 5.75 Å². The largest absolute Gasteiger partial charge is 0.495 e. The van der Waals surface area contributed by atoms with Gasteiger partial charge >= 0.3 is 0 Å². The number of nitro benzene ring substituents is 1. The number of amides is 1. The van der Waals surface area contributed by atoms with Gasteiger partial charge in [0.15, 0.2) is 0 Å². The Hall–Kier alpha value is -4.05. The minimum Gasteiger partial charge on any atom is -0.495 e. The lowest BCUT2D eigenvalue weighted by Crippen LogP contribution is -2.40. The maximum atomic E-state index is 13.5. The third kappa shape index (κ3) is 6.22. The average molecular weight is 591 g/mol. The van der Waals surface area contributed by atoms with Crippen LogP contribution in [-0.4, -0.2) is 71.9 Å².